The molecule has 1 aliphatic rings. The average molecular weight is 305 g/mol. The second kappa shape index (κ2) is 5.86. The van der Waals surface area contributed by atoms with Gasteiger partial charge >= 0.3 is 0 Å². The van der Waals surface area contributed by atoms with Crippen LogP contribution in [-0.2, 0) is 6.54 Å². The van der Waals surface area contributed by atoms with Crippen LogP contribution >= 0.6 is 0 Å². The monoisotopic (exact) mass is 305 g/mol. The SMILES string of the molecule is Cc1ccc(-c2c(CNC3CCC3)oc3ccc(C)cc23)cc1. The molecule has 0 radical (unpaired) electrons. The minimum atomic E-state index is 0.663. The first-order chi connectivity index (χ1) is 11.2. The van der Waals surface area contributed by atoms with Crippen LogP contribution in [0.5, 0.6) is 0 Å². The Hall–Kier alpha value is -2.06. The van der Waals surface area contributed by atoms with E-state index in [-0.39, 0.29) is 0 Å². The van der Waals surface area contributed by atoms with Crippen LogP contribution in [-0.4, -0.2) is 6.04 Å². The number of hydrogen-bond acceptors (Lipinski definition) is 2. The Bertz CT molecular complexity index is 825. The van der Waals surface area contributed by atoms with Gasteiger partial charge in [-0.15, -0.1) is 0 Å². The molecule has 4 rings (SSSR count). The van der Waals surface area contributed by atoms with Gasteiger partial charge < -0.3 is 9.73 Å². The van der Waals surface area contributed by atoms with E-state index in [0.29, 0.717) is 6.04 Å². The predicted octanol–water partition coefficient (Wildman–Crippen LogP) is 5.36. The van der Waals surface area contributed by atoms with Crippen LogP contribution in [0.15, 0.2) is 46.9 Å². The molecule has 1 heterocycles. The molecule has 1 saturated carbocycles. The van der Waals surface area contributed by atoms with Crippen LogP contribution in [0.1, 0.15) is 36.1 Å². The summed E-state index contributed by atoms with van der Waals surface area (Å²) >= 11 is 0. The van der Waals surface area contributed by atoms with Crippen molar-refractivity contribution >= 4 is 11.0 Å². The van der Waals surface area contributed by atoms with Crippen LogP contribution in [0.3, 0.4) is 0 Å². The fourth-order valence-corrected chi connectivity index (χ4v) is 3.27. The Kier molecular flexibility index (Phi) is 3.70. The number of nitrogens with one attached hydrogen (secondary N) is 1. The molecule has 1 fully saturated rings. The van der Waals surface area contributed by atoms with E-state index in [0.717, 1.165) is 17.9 Å². The zero-order chi connectivity index (χ0) is 15.8. The van der Waals surface area contributed by atoms with Gasteiger partial charge in [-0.2, -0.15) is 0 Å². The van der Waals surface area contributed by atoms with Gasteiger partial charge in [0.25, 0.3) is 0 Å². The van der Waals surface area contributed by atoms with Gasteiger partial charge in [-0.3, -0.25) is 0 Å². The van der Waals surface area contributed by atoms with Gasteiger partial charge in [0.1, 0.15) is 11.3 Å². The van der Waals surface area contributed by atoms with Crippen molar-refractivity contribution in [1.29, 1.82) is 0 Å². The number of benzene rings is 2. The maximum atomic E-state index is 6.20. The normalized spacial score (nSPS) is 15.0. The van der Waals surface area contributed by atoms with Gasteiger partial charge in [-0.1, -0.05) is 47.9 Å². The maximum absolute atomic E-state index is 6.20. The summed E-state index contributed by atoms with van der Waals surface area (Å²) in [6.45, 7) is 5.07. The first-order valence-electron chi connectivity index (χ1n) is 8.53. The van der Waals surface area contributed by atoms with E-state index in [1.807, 2.05) is 0 Å². The highest BCUT2D eigenvalue weighted by molar-refractivity contribution is 5.96. The van der Waals surface area contributed by atoms with E-state index in [1.165, 1.54) is 46.9 Å². The van der Waals surface area contributed by atoms with Gasteiger partial charge in [0, 0.05) is 17.0 Å². The minimum absolute atomic E-state index is 0.663. The molecule has 118 valence electrons. The summed E-state index contributed by atoms with van der Waals surface area (Å²) < 4.78 is 6.20. The molecule has 1 N–H and O–H groups in total. The molecular weight excluding hydrogens is 282 g/mol. The van der Waals surface area contributed by atoms with Gasteiger partial charge in [-0.25, -0.2) is 0 Å². The van der Waals surface area contributed by atoms with Gasteiger partial charge in [0.2, 0.25) is 0 Å². The smallest absolute Gasteiger partial charge is 0.135 e. The van der Waals surface area contributed by atoms with E-state index >= 15 is 0 Å². The van der Waals surface area contributed by atoms with Crippen molar-refractivity contribution in [2.45, 2.75) is 45.7 Å². The molecule has 0 spiro atoms. The Morgan fingerprint density at radius 2 is 1.74 bits per heavy atom. The molecule has 0 bridgehead atoms. The van der Waals surface area contributed by atoms with E-state index in [2.05, 4.69) is 61.6 Å². The van der Waals surface area contributed by atoms with E-state index in [9.17, 15) is 0 Å². The molecule has 2 aromatic carbocycles. The predicted molar refractivity (Wildman–Crippen MR) is 95.6 cm³/mol. The van der Waals surface area contributed by atoms with E-state index in [4.69, 9.17) is 4.42 Å². The lowest BCUT2D eigenvalue weighted by molar-refractivity contribution is 0.327. The third kappa shape index (κ3) is 2.79. The summed E-state index contributed by atoms with van der Waals surface area (Å²) in [7, 11) is 0. The fraction of sp³-hybridized carbons (Fsp3) is 0.333. The number of fused-ring (bicyclic) bond motifs is 1. The molecule has 23 heavy (non-hydrogen) atoms. The topological polar surface area (TPSA) is 25.2 Å². The van der Waals surface area contributed by atoms with Crippen LogP contribution in [0.25, 0.3) is 22.1 Å². The fourth-order valence-electron chi connectivity index (χ4n) is 3.27. The lowest BCUT2D eigenvalue weighted by Gasteiger charge is -2.26. The van der Waals surface area contributed by atoms with Crippen molar-refractivity contribution < 1.29 is 4.42 Å². The highest BCUT2D eigenvalue weighted by Gasteiger charge is 2.20. The van der Waals surface area contributed by atoms with E-state index in [1.54, 1.807) is 0 Å². The zero-order valence-electron chi connectivity index (χ0n) is 13.9. The number of furan rings is 1. The van der Waals surface area contributed by atoms with E-state index < -0.39 is 0 Å². The molecular formula is C21H23NO. The molecule has 0 amide bonds. The summed E-state index contributed by atoms with van der Waals surface area (Å²) in [5.41, 5.74) is 6.02. The first-order valence-corrected chi connectivity index (χ1v) is 8.53. The molecule has 1 aliphatic carbocycles. The highest BCUT2D eigenvalue weighted by Crippen LogP contribution is 2.36. The third-order valence-electron chi connectivity index (χ3n) is 4.91. The first kappa shape index (κ1) is 14.5. The van der Waals surface area contributed by atoms with Gasteiger partial charge in [-0.05, 0) is 44.4 Å². The molecule has 0 unspecified atom stereocenters. The summed E-state index contributed by atoms with van der Waals surface area (Å²) in [6, 6.07) is 15.9. The second-order valence-corrected chi connectivity index (χ2v) is 6.77. The molecule has 1 aromatic heterocycles. The molecule has 2 nitrogen and oxygen atoms in total. The van der Waals surface area contributed by atoms with Crippen molar-refractivity contribution in [2.24, 2.45) is 0 Å². The average Bonchev–Trinajstić information content (AvgIpc) is 2.84. The van der Waals surface area contributed by atoms with Gasteiger partial charge in [0.15, 0.2) is 0 Å². The molecule has 0 saturated heterocycles. The summed E-state index contributed by atoms with van der Waals surface area (Å²) in [4.78, 5) is 0. The van der Waals surface area contributed by atoms with Crippen molar-refractivity contribution in [2.75, 3.05) is 0 Å². The molecule has 2 heteroatoms. The quantitative estimate of drug-likeness (QED) is 0.702. The molecule has 3 aromatic rings. The number of hydrogen-bond donors (Lipinski definition) is 1. The third-order valence-corrected chi connectivity index (χ3v) is 4.91. The van der Waals surface area contributed by atoms with Crippen LogP contribution in [0, 0.1) is 13.8 Å². The number of rotatable bonds is 4. The van der Waals surface area contributed by atoms with Crippen molar-refractivity contribution in [3.05, 3.63) is 59.4 Å². The van der Waals surface area contributed by atoms with Gasteiger partial charge in [0.05, 0.1) is 6.54 Å². The lowest BCUT2D eigenvalue weighted by atomic mass is 9.93. The van der Waals surface area contributed by atoms with Crippen molar-refractivity contribution in [1.82, 2.24) is 5.32 Å². The maximum Gasteiger partial charge on any atom is 0.135 e. The van der Waals surface area contributed by atoms with Crippen LogP contribution in [0.4, 0.5) is 0 Å². The largest absolute Gasteiger partial charge is 0.459 e. The Morgan fingerprint density at radius 1 is 1.00 bits per heavy atom. The minimum Gasteiger partial charge on any atom is -0.459 e. The van der Waals surface area contributed by atoms with Crippen molar-refractivity contribution in [3.8, 4) is 11.1 Å². The Balaban J connectivity index is 1.79. The standard InChI is InChI=1S/C21H23NO/c1-14-6-9-16(10-7-14)21-18-12-15(2)8-11-19(18)23-20(21)13-22-17-4-3-5-17/h6-12,17,22H,3-5,13H2,1-2H3. The summed E-state index contributed by atoms with van der Waals surface area (Å²) in [6.07, 6.45) is 3.93. The lowest BCUT2D eigenvalue weighted by Crippen LogP contribution is -2.34. The summed E-state index contributed by atoms with van der Waals surface area (Å²) in [5, 5.41) is 4.86. The Morgan fingerprint density at radius 3 is 2.43 bits per heavy atom. The molecule has 0 atom stereocenters. The van der Waals surface area contributed by atoms with Crippen molar-refractivity contribution in [3.63, 3.8) is 0 Å². The van der Waals surface area contributed by atoms with Crippen LogP contribution < -0.4 is 5.32 Å². The number of aryl methyl sites for hydroxylation is 2. The zero-order valence-corrected chi connectivity index (χ0v) is 13.9. The van der Waals surface area contributed by atoms with Crippen LogP contribution in [0.2, 0.25) is 0 Å². The Labute approximate surface area is 137 Å². The second-order valence-electron chi connectivity index (χ2n) is 6.77. The summed E-state index contributed by atoms with van der Waals surface area (Å²) in [5.74, 6) is 1.06. The highest BCUT2D eigenvalue weighted by atomic mass is 16.3. The molecule has 0 aliphatic heterocycles.